The van der Waals surface area contributed by atoms with Crippen LogP contribution in [0.4, 0.5) is 5.13 Å². The van der Waals surface area contributed by atoms with E-state index < -0.39 is 0 Å². The van der Waals surface area contributed by atoms with Crippen molar-refractivity contribution in [2.45, 2.75) is 12.1 Å². The molecule has 0 spiro atoms. The molecule has 1 amide bonds. The molecule has 30 heavy (non-hydrogen) atoms. The molecule has 154 valence electrons. The molecule has 8 nitrogen and oxygen atoms in total. The number of carbonyl (C=O) groups is 1. The minimum absolute atomic E-state index is 0.128. The molecule has 0 aliphatic heterocycles. The summed E-state index contributed by atoms with van der Waals surface area (Å²) in [6, 6.07) is 11.3. The lowest BCUT2D eigenvalue weighted by atomic mass is 10.2. The lowest BCUT2D eigenvalue weighted by molar-refractivity contribution is -0.113. The largest absolute Gasteiger partial charge is 0.493 e. The zero-order valence-corrected chi connectivity index (χ0v) is 18.1. The highest BCUT2D eigenvalue weighted by molar-refractivity contribution is 7.99. The summed E-state index contributed by atoms with van der Waals surface area (Å²) in [5, 5.41) is 11.7. The highest BCUT2D eigenvalue weighted by Gasteiger charge is 2.14. The Morgan fingerprint density at radius 3 is 2.77 bits per heavy atom. The van der Waals surface area contributed by atoms with Gasteiger partial charge in [0, 0.05) is 5.56 Å². The van der Waals surface area contributed by atoms with Crippen LogP contribution in [0.5, 0.6) is 11.5 Å². The molecular formula is C20H18N4O4S2. The fourth-order valence-corrected chi connectivity index (χ4v) is 4.27. The number of nitrogens with one attached hydrogen (secondary N) is 1. The Balaban J connectivity index is 1.38. The first kappa shape index (κ1) is 20.2. The van der Waals surface area contributed by atoms with Crippen LogP contribution in [-0.4, -0.2) is 41.1 Å². The average molecular weight is 443 g/mol. The van der Waals surface area contributed by atoms with Gasteiger partial charge in [-0.15, -0.1) is 10.2 Å². The van der Waals surface area contributed by atoms with E-state index in [0.717, 1.165) is 27.5 Å². The van der Waals surface area contributed by atoms with Gasteiger partial charge in [-0.3, -0.25) is 4.79 Å². The Labute approximate surface area is 180 Å². The second-order valence-electron chi connectivity index (χ2n) is 6.27. The smallest absolute Gasteiger partial charge is 0.277 e. The van der Waals surface area contributed by atoms with Gasteiger partial charge >= 0.3 is 0 Å². The number of anilines is 1. The minimum Gasteiger partial charge on any atom is -0.493 e. The normalized spacial score (nSPS) is 10.9. The molecular weight excluding hydrogens is 424 g/mol. The number of fused-ring (bicyclic) bond motifs is 1. The third kappa shape index (κ3) is 4.39. The van der Waals surface area contributed by atoms with Gasteiger partial charge < -0.3 is 19.2 Å². The van der Waals surface area contributed by atoms with Crippen molar-refractivity contribution in [3.8, 4) is 23.0 Å². The summed E-state index contributed by atoms with van der Waals surface area (Å²) in [5.74, 6) is 1.44. The molecule has 4 rings (SSSR count). The van der Waals surface area contributed by atoms with Gasteiger partial charge in [0.1, 0.15) is 0 Å². The van der Waals surface area contributed by atoms with Gasteiger partial charge in [-0.25, -0.2) is 4.98 Å². The molecule has 4 aromatic rings. The molecule has 0 saturated carbocycles. The van der Waals surface area contributed by atoms with E-state index in [-0.39, 0.29) is 11.7 Å². The molecule has 0 atom stereocenters. The maximum Gasteiger partial charge on any atom is 0.277 e. The molecule has 2 aromatic heterocycles. The summed E-state index contributed by atoms with van der Waals surface area (Å²) in [6.07, 6.45) is 0. The zero-order chi connectivity index (χ0) is 21.1. The van der Waals surface area contributed by atoms with Crippen LogP contribution < -0.4 is 14.8 Å². The first-order chi connectivity index (χ1) is 14.6. The fourth-order valence-electron chi connectivity index (χ4n) is 2.72. The van der Waals surface area contributed by atoms with Crippen molar-refractivity contribution < 1.29 is 18.7 Å². The number of nitrogens with zero attached hydrogens (tertiary/aromatic N) is 3. The van der Waals surface area contributed by atoms with E-state index in [1.54, 1.807) is 32.4 Å². The van der Waals surface area contributed by atoms with Crippen LogP contribution in [0, 0.1) is 6.92 Å². The van der Waals surface area contributed by atoms with Gasteiger partial charge in [0.25, 0.3) is 5.22 Å². The highest BCUT2D eigenvalue weighted by Crippen LogP contribution is 2.33. The van der Waals surface area contributed by atoms with E-state index >= 15 is 0 Å². The monoisotopic (exact) mass is 442 g/mol. The molecule has 0 saturated heterocycles. The van der Waals surface area contributed by atoms with Crippen molar-refractivity contribution in [2.75, 3.05) is 25.3 Å². The molecule has 2 aromatic carbocycles. The highest BCUT2D eigenvalue weighted by atomic mass is 32.2. The Morgan fingerprint density at radius 1 is 1.13 bits per heavy atom. The third-order valence-corrected chi connectivity index (χ3v) is 5.91. The van der Waals surface area contributed by atoms with E-state index in [1.165, 1.54) is 11.3 Å². The topological polar surface area (TPSA) is 99.4 Å². The second-order valence-corrected chi connectivity index (χ2v) is 8.23. The number of hydrogen-bond acceptors (Lipinski definition) is 9. The van der Waals surface area contributed by atoms with Gasteiger partial charge in [0.05, 0.1) is 30.2 Å². The molecule has 1 N–H and O–H groups in total. The van der Waals surface area contributed by atoms with Gasteiger partial charge in [-0.1, -0.05) is 29.2 Å². The van der Waals surface area contributed by atoms with Crippen LogP contribution >= 0.6 is 23.1 Å². The van der Waals surface area contributed by atoms with Gasteiger partial charge in [-0.05, 0) is 42.8 Å². The number of hydrogen-bond donors (Lipinski definition) is 1. The number of thioether (sulfide) groups is 1. The molecule has 2 heterocycles. The minimum atomic E-state index is -0.193. The van der Waals surface area contributed by atoms with Crippen LogP contribution in [0.1, 0.15) is 5.56 Å². The SMILES string of the molecule is COc1ccc(-c2nnc(SCC(=O)Nc3nc4ccc(C)cc4s3)o2)cc1OC. The zero-order valence-electron chi connectivity index (χ0n) is 16.5. The molecule has 0 aliphatic carbocycles. The quantitative estimate of drug-likeness (QED) is 0.420. The first-order valence-corrected chi connectivity index (χ1v) is 10.7. The Hall–Kier alpha value is -3.11. The van der Waals surface area contributed by atoms with E-state index in [0.29, 0.717) is 33.3 Å². The maximum atomic E-state index is 12.3. The predicted octanol–water partition coefficient (Wildman–Crippen LogP) is 4.40. The van der Waals surface area contributed by atoms with Gasteiger partial charge in [-0.2, -0.15) is 0 Å². The molecule has 0 bridgehead atoms. The van der Waals surface area contributed by atoms with Crippen molar-refractivity contribution in [2.24, 2.45) is 0 Å². The van der Waals surface area contributed by atoms with Gasteiger partial charge in [0.2, 0.25) is 11.8 Å². The number of aryl methyl sites for hydroxylation is 1. The predicted molar refractivity (Wildman–Crippen MR) is 117 cm³/mol. The summed E-state index contributed by atoms with van der Waals surface area (Å²) in [4.78, 5) is 16.7. The number of rotatable bonds is 7. The lowest BCUT2D eigenvalue weighted by Crippen LogP contribution is -2.13. The van der Waals surface area contributed by atoms with E-state index in [9.17, 15) is 4.79 Å². The molecule has 0 fully saturated rings. The van der Waals surface area contributed by atoms with Gasteiger partial charge in [0.15, 0.2) is 16.6 Å². The summed E-state index contributed by atoms with van der Waals surface area (Å²) in [6.45, 7) is 2.02. The third-order valence-electron chi connectivity index (χ3n) is 4.15. The standard InChI is InChI=1S/C20H18N4O4S2/c1-11-4-6-13-16(8-11)30-19(21-13)22-17(25)10-29-20-24-23-18(28-20)12-5-7-14(26-2)15(9-12)27-3/h4-9H,10H2,1-3H3,(H,21,22,25). The van der Waals surface area contributed by atoms with Crippen molar-refractivity contribution in [3.05, 3.63) is 42.0 Å². The Kier molecular flexibility index (Phi) is 5.86. The van der Waals surface area contributed by atoms with Crippen molar-refractivity contribution in [1.82, 2.24) is 15.2 Å². The van der Waals surface area contributed by atoms with E-state index in [1.807, 2.05) is 25.1 Å². The number of benzene rings is 2. The van der Waals surface area contributed by atoms with Crippen LogP contribution in [-0.2, 0) is 4.79 Å². The molecule has 10 heteroatoms. The summed E-state index contributed by atoms with van der Waals surface area (Å²) in [7, 11) is 3.13. The Bertz CT molecular complexity index is 1200. The summed E-state index contributed by atoms with van der Waals surface area (Å²) < 4.78 is 17.2. The van der Waals surface area contributed by atoms with Crippen LogP contribution in [0.15, 0.2) is 46.0 Å². The number of amides is 1. The van der Waals surface area contributed by atoms with Crippen molar-refractivity contribution >= 4 is 44.4 Å². The molecule has 0 radical (unpaired) electrons. The summed E-state index contributed by atoms with van der Waals surface area (Å²) in [5.41, 5.74) is 2.72. The fraction of sp³-hybridized carbons (Fsp3) is 0.200. The number of thiazole rings is 1. The number of carbonyl (C=O) groups excluding carboxylic acids is 1. The average Bonchev–Trinajstić information content (AvgIpc) is 3.38. The lowest BCUT2D eigenvalue weighted by Gasteiger charge is -2.07. The van der Waals surface area contributed by atoms with E-state index in [4.69, 9.17) is 13.9 Å². The first-order valence-electron chi connectivity index (χ1n) is 8.91. The Morgan fingerprint density at radius 2 is 1.97 bits per heavy atom. The number of aromatic nitrogens is 3. The maximum absolute atomic E-state index is 12.3. The van der Waals surface area contributed by atoms with E-state index in [2.05, 4.69) is 20.5 Å². The number of ether oxygens (including phenoxy) is 2. The van der Waals surface area contributed by atoms with Crippen molar-refractivity contribution in [3.63, 3.8) is 0 Å². The van der Waals surface area contributed by atoms with Crippen LogP contribution in [0.25, 0.3) is 21.7 Å². The van der Waals surface area contributed by atoms with Crippen LogP contribution in [0.3, 0.4) is 0 Å². The molecule has 0 aliphatic rings. The van der Waals surface area contributed by atoms with Crippen molar-refractivity contribution in [1.29, 1.82) is 0 Å². The second kappa shape index (κ2) is 8.72. The number of methoxy groups -OCH3 is 2. The molecule has 0 unspecified atom stereocenters. The van der Waals surface area contributed by atoms with Crippen LogP contribution in [0.2, 0.25) is 0 Å². The summed E-state index contributed by atoms with van der Waals surface area (Å²) >= 11 is 2.60.